The number of hydrogen-bond acceptors (Lipinski definition) is 2. The van der Waals surface area contributed by atoms with Crippen LogP contribution in [-0.2, 0) is 7.05 Å². The van der Waals surface area contributed by atoms with Gasteiger partial charge < -0.3 is 9.47 Å². The van der Waals surface area contributed by atoms with E-state index in [4.69, 9.17) is 0 Å². The highest BCUT2D eigenvalue weighted by molar-refractivity contribution is 5.91. The molecule has 3 rings (SSSR count). The summed E-state index contributed by atoms with van der Waals surface area (Å²) in [6.07, 6.45) is 7.37. The number of carbonyl (C=O) groups excluding carboxylic acids is 1. The van der Waals surface area contributed by atoms with Crippen LogP contribution in [0.5, 0.6) is 0 Å². The molecule has 1 saturated heterocycles. The number of benzene rings is 1. The predicted octanol–water partition coefficient (Wildman–Crippen LogP) is 3.32. The minimum atomic E-state index is -0.258. The van der Waals surface area contributed by atoms with Crippen molar-refractivity contribution >= 4 is 5.91 Å². The summed E-state index contributed by atoms with van der Waals surface area (Å²) >= 11 is 0. The number of rotatable bonds is 2. The molecular formula is C17H20FN3O. The Kier molecular flexibility index (Phi) is 4.22. The van der Waals surface area contributed by atoms with E-state index >= 15 is 0 Å². The predicted molar refractivity (Wildman–Crippen MR) is 81.9 cm³/mol. The lowest BCUT2D eigenvalue weighted by Crippen LogP contribution is -2.36. The van der Waals surface area contributed by atoms with Crippen molar-refractivity contribution in [1.82, 2.24) is 14.5 Å². The van der Waals surface area contributed by atoms with E-state index in [1.165, 1.54) is 12.1 Å². The van der Waals surface area contributed by atoms with E-state index in [9.17, 15) is 9.18 Å². The van der Waals surface area contributed by atoms with Crippen LogP contribution < -0.4 is 0 Å². The van der Waals surface area contributed by atoms with Gasteiger partial charge in [0.05, 0.1) is 6.04 Å². The first-order chi connectivity index (χ1) is 10.7. The van der Waals surface area contributed by atoms with Crippen molar-refractivity contribution in [2.45, 2.75) is 31.7 Å². The van der Waals surface area contributed by atoms with Crippen LogP contribution in [-0.4, -0.2) is 26.9 Å². The Labute approximate surface area is 129 Å². The second-order valence-electron chi connectivity index (χ2n) is 5.78. The summed E-state index contributed by atoms with van der Waals surface area (Å²) < 4.78 is 15.3. The number of hydrogen-bond donors (Lipinski definition) is 0. The first kappa shape index (κ1) is 14.8. The number of nitrogens with zero attached hydrogens (tertiary/aromatic N) is 3. The molecule has 0 aliphatic carbocycles. The molecule has 1 amide bonds. The van der Waals surface area contributed by atoms with Gasteiger partial charge in [-0.2, -0.15) is 0 Å². The maximum absolute atomic E-state index is 13.6. The molecule has 2 aromatic rings. The summed E-state index contributed by atoms with van der Waals surface area (Å²) in [5.41, 5.74) is 0.865. The molecule has 1 aliphatic rings. The number of aryl methyl sites for hydroxylation is 1. The summed E-state index contributed by atoms with van der Waals surface area (Å²) in [5, 5.41) is 0. The van der Waals surface area contributed by atoms with Crippen LogP contribution in [0.2, 0.25) is 0 Å². The number of carbonyl (C=O) groups is 1. The Morgan fingerprint density at radius 1 is 1.32 bits per heavy atom. The molecular weight excluding hydrogens is 281 g/mol. The van der Waals surface area contributed by atoms with Gasteiger partial charge in [0, 0.05) is 26.0 Å². The highest BCUT2D eigenvalue weighted by atomic mass is 19.1. The average molecular weight is 301 g/mol. The van der Waals surface area contributed by atoms with Gasteiger partial charge in [0.15, 0.2) is 5.82 Å². The number of imidazole rings is 1. The van der Waals surface area contributed by atoms with E-state index in [0.29, 0.717) is 12.4 Å². The normalized spacial score (nSPS) is 19.0. The van der Waals surface area contributed by atoms with Gasteiger partial charge in [-0.3, -0.25) is 4.79 Å². The molecule has 5 heteroatoms. The van der Waals surface area contributed by atoms with E-state index in [0.717, 1.165) is 31.2 Å². The van der Waals surface area contributed by atoms with E-state index in [1.54, 1.807) is 23.0 Å². The van der Waals surface area contributed by atoms with Crippen LogP contribution in [0.4, 0.5) is 4.39 Å². The SMILES string of the molecule is Cn1ccnc1C(=O)N1CCCCCC1c1cccc(F)c1. The zero-order chi connectivity index (χ0) is 15.5. The number of halogens is 1. The highest BCUT2D eigenvalue weighted by Gasteiger charge is 2.29. The van der Waals surface area contributed by atoms with Gasteiger partial charge in [0.1, 0.15) is 5.82 Å². The minimum absolute atomic E-state index is 0.0799. The molecule has 0 N–H and O–H groups in total. The molecule has 0 saturated carbocycles. The molecule has 1 aromatic carbocycles. The van der Waals surface area contributed by atoms with Crippen molar-refractivity contribution in [2.75, 3.05) is 6.54 Å². The van der Waals surface area contributed by atoms with Crippen molar-refractivity contribution in [1.29, 1.82) is 0 Å². The van der Waals surface area contributed by atoms with Gasteiger partial charge >= 0.3 is 0 Å². The van der Waals surface area contributed by atoms with Crippen LogP contribution in [0.3, 0.4) is 0 Å². The number of amides is 1. The Morgan fingerprint density at radius 3 is 2.91 bits per heavy atom. The second kappa shape index (κ2) is 6.30. The Balaban J connectivity index is 1.94. The standard InChI is InChI=1S/C17H20FN3O/c1-20-11-9-19-16(20)17(22)21-10-4-2-3-8-15(21)13-6-5-7-14(18)12-13/h5-7,9,11-12,15H,2-4,8,10H2,1H3. The molecule has 1 unspecified atom stereocenters. The fourth-order valence-electron chi connectivity index (χ4n) is 3.11. The molecule has 0 radical (unpaired) electrons. The quantitative estimate of drug-likeness (QED) is 0.853. The van der Waals surface area contributed by atoms with E-state index in [1.807, 2.05) is 18.0 Å². The highest BCUT2D eigenvalue weighted by Crippen LogP contribution is 2.31. The van der Waals surface area contributed by atoms with Crippen LogP contribution in [0.1, 0.15) is 47.9 Å². The van der Waals surface area contributed by atoms with Crippen molar-refractivity contribution in [3.8, 4) is 0 Å². The maximum atomic E-state index is 13.6. The third-order valence-electron chi connectivity index (χ3n) is 4.26. The zero-order valence-corrected chi connectivity index (χ0v) is 12.7. The fraction of sp³-hybridized carbons (Fsp3) is 0.412. The summed E-state index contributed by atoms with van der Waals surface area (Å²) in [6, 6.07) is 6.50. The van der Waals surface area contributed by atoms with Crippen LogP contribution in [0, 0.1) is 5.82 Å². The topological polar surface area (TPSA) is 38.1 Å². The fourth-order valence-corrected chi connectivity index (χ4v) is 3.11. The summed E-state index contributed by atoms with van der Waals surface area (Å²) in [7, 11) is 1.81. The monoisotopic (exact) mass is 301 g/mol. The van der Waals surface area contributed by atoms with Crippen LogP contribution >= 0.6 is 0 Å². The van der Waals surface area contributed by atoms with Gasteiger partial charge in [0.25, 0.3) is 5.91 Å². The van der Waals surface area contributed by atoms with Gasteiger partial charge in [-0.05, 0) is 30.5 Å². The Hall–Kier alpha value is -2.17. The lowest BCUT2D eigenvalue weighted by Gasteiger charge is -2.30. The molecule has 1 fully saturated rings. The van der Waals surface area contributed by atoms with Crippen molar-refractivity contribution in [3.63, 3.8) is 0 Å². The number of likely N-dealkylation sites (tertiary alicyclic amines) is 1. The summed E-state index contributed by atoms with van der Waals surface area (Å²) in [6.45, 7) is 0.687. The zero-order valence-electron chi connectivity index (χ0n) is 12.7. The van der Waals surface area contributed by atoms with E-state index in [2.05, 4.69) is 4.98 Å². The van der Waals surface area contributed by atoms with E-state index in [-0.39, 0.29) is 17.8 Å². The molecule has 1 aromatic heterocycles. The number of aromatic nitrogens is 2. The Bertz CT molecular complexity index is 667. The second-order valence-corrected chi connectivity index (χ2v) is 5.78. The summed E-state index contributed by atoms with van der Waals surface area (Å²) in [5.74, 6) is 0.0955. The van der Waals surface area contributed by atoms with Crippen molar-refractivity contribution in [2.24, 2.45) is 7.05 Å². The van der Waals surface area contributed by atoms with Gasteiger partial charge in [-0.1, -0.05) is 25.0 Å². The van der Waals surface area contributed by atoms with Gasteiger partial charge in [-0.15, -0.1) is 0 Å². The molecule has 1 atom stereocenters. The lowest BCUT2D eigenvalue weighted by atomic mass is 10.0. The smallest absolute Gasteiger partial charge is 0.290 e. The van der Waals surface area contributed by atoms with Crippen molar-refractivity contribution in [3.05, 3.63) is 53.9 Å². The van der Waals surface area contributed by atoms with E-state index < -0.39 is 0 Å². The van der Waals surface area contributed by atoms with Crippen LogP contribution in [0.15, 0.2) is 36.7 Å². The lowest BCUT2D eigenvalue weighted by molar-refractivity contribution is 0.0664. The third-order valence-corrected chi connectivity index (χ3v) is 4.26. The first-order valence-electron chi connectivity index (χ1n) is 7.70. The molecule has 1 aliphatic heterocycles. The molecule has 2 heterocycles. The maximum Gasteiger partial charge on any atom is 0.290 e. The molecule has 0 spiro atoms. The van der Waals surface area contributed by atoms with Gasteiger partial charge in [-0.25, -0.2) is 9.37 Å². The molecule has 0 bridgehead atoms. The molecule has 22 heavy (non-hydrogen) atoms. The first-order valence-corrected chi connectivity index (χ1v) is 7.70. The minimum Gasteiger partial charge on any atom is -0.330 e. The Morgan fingerprint density at radius 2 is 2.18 bits per heavy atom. The third kappa shape index (κ3) is 2.89. The van der Waals surface area contributed by atoms with Gasteiger partial charge in [0.2, 0.25) is 0 Å². The largest absolute Gasteiger partial charge is 0.330 e. The van der Waals surface area contributed by atoms with Crippen molar-refractivity contribution < 1.29 is 9.18 Å². The molecule has 116 valence electrons. The van der Waals surface area contributed by atoms with Crippen LogP contribution in [0.25, 0.3) is 0 Å². The molecule has 4 nitrogen and oxygen atoms in total. The average Bonchev–Trinajstić information content (AvgIpc) is 2.79. The summed E-state index contributed by atoms with van der Waals surface area (Å²) in [4.78, 5) is 18.9.